The molecule has 1 aliphatic rings. The average molecular weight is 282 g/mol. The van der Waals surface area contributed by atoms with Gasteiger partial charge >= 0.3 is 0 Å². The number of benzene rings is 1. The smallest absolute Gasteiger partial charge is 0.224 e. The third-order valence-corrected chi connectivity index (χ3v) is 3.92. The van der Waals surface area contributed by atoms with Crippen LogP contribution in [-0.4, -0.2) is 23.7 Å². The van der Waals surface area contributed by atoms with E-state index in [0.717, 1.165) is 31.2 Å². The standard InChI is InChI=1S/C15H20ClNO2/c16-13-6-3-4-11(8-13)9-15(19)17-10-12-5-1-2-7-14(12)18/h3-4,6,8,12,14,18H,1-2,5,7,9-10H2,(H,17,19). The van der Waals surface area contributed by atoms with Crippen molar-refractivity contribution in [1.29, 1.82) is 0 Å². The van der Waals surface area contributed by atoms with Crippen LogP contribution in [0.15, 0.2) is 24.3 Å². The van der Waals surface area contributed by atoms with Crippen LogP contribution in [0.25, 0.3) is 0 Å². The molecule has 4 heteroatoms. The predicted octanol–water partition coefficient (Wildman–Crippen LogP) is 2.55. The maximum Gasteiger partial charge on any atom is 0.224 e. The summed E-state index contributed by atoms with van der Waals surface area (Å²) in [5.74, 6) is 0.192. The first-order valence-corrected chi connectivity index (χ1v) is 7.22. The minimum atomic E-state index is -0.264. The lowest BCUT2D eigenvalue weighted by atomic mass is 9.86. The van der Waals surface area contributed by atoms with Gasteiger partial charge in [0.2, 0.25) is 5.91 Å². The second-order valence-corrected chi connectivity index (χ2v) is 5.66. The number of aliphatic hydroxyl groups is 1. The second-order valence-electron chi connectivity index (χ2n) is 5.22. The summed E-state index contributed by atoms with van der Waals surface area (Å²) in [6, 6.07) is 7.33. The first-order valence-electron chi connectivity index (χ1n) is 6.84. The molecule has 2 rings (SSSR count). The van der Waals surface area contributed by atoms with Crippen molar-refractivity contribution in [3.05, 3.63) is 34.9 Å². The highest BCUT2D eigenvalue weighted by molar-refractivity contribution is 6.30. The van der Waals surface area contributed by atoms with Gasteiger partial charge in [-0.1, -0.05) is 36.6 Å². The van der Waals surface area contributed by atoms with Crippen LogP contribution in [0.4, 0.5) is 0 Å². The van der Waals surface area contributed by atoms with Crippen LogP contribution < -0.4 is 5.32 Å². The first kappa shape index (κ1) is 14.4. The van der Waals surface area contributed by atoms with Gasteiger partial charge in [0.05, 0.1) is 12.5 Å². The zero-order chi connectivity index (χ0) is 13.7. The fourth-order valence-electron chi connectivity index (χ4n) is 2.57. The Morgan fingerprint density at radius 3 is 2.89 bits per heavy atom. The van der Waals surface area contributed by atoms with Crippen LogP contribution in [0.3, 0.4) is 0 Å². The van der Waals surface area contributed by atoms with Gasteiger partial charge < -0.3 is 10.4 Å². The number of nitrogens with one attached hydrogen (secondary N) is 1. The summed E-state index contributed by atoms with van der Waals surface area (Å²) in [7, 11) is 0. The van der Waals surface area contributed by atoms with E-state index in [-0.39, 0.29) is 17.9 Å². The van der Waals surface area contributed by atoms with E-state index < -0.39 is 0 Å². The van der Waals surface area contributed by atoms with Crippen molar-refractivity contribution in [2.45, 2.75) is 38.2 Å². The van der Waals surface area contributed by atoms with Crippen LogP contribution in [-0.2, 0) is 11.2 Å². The Bertz CT molecular complexity index is 436. The molecule has 1 fully saturated rings. The molecule has 0 saturated heterocycles. The van der Waals surface area contributed by atoms with E-state index in [4.69, 9.17) is 11.6 Å². The quantitative estimate of drug-likeness (QED) is 0.891. The molecule has 0 aliphatic heterocycles. The highest BCUT2D eigenvalue weighted by Crippen LogP contribution is 2.23. The van der Waals surface area contributed by atoms with Gasteiger partial charge in [-0.3, -0.25) is 4.79 Å². The van der Waals surface area contributed by atoms with Gasteiger partial charge in [-0.05, 0) is 30.5 Å². The summed E-state index contributed by atoms with van der Waals surface area (Å²) in [6.07, 6.45) is 4.16. The minimum Gasteiger partial charge on any atom is -0.393 e. The third kappa shape index (κ3) is 4.51. The average Bonchev–Trinajstić information content (AvgIpc) is 2.38. The lowest BCUT2D eigenvalue weighted by Gasteiger charge is -2.27. The molecule has 19 heavy (non-hydrogen) atoms. The fraction of sp³-hybridized carbons (Fsp3) is 0.533. The number of rotatable bonds is 4. The van der Waals surface area contributed by atoms with Crippen molar-refractivity contribution in [2.24, 2.45) is 5.92 Å². The van der Waals surface area contributed by atoms with E-state index >= 15 is 0 Å². The molecule has 0 bridgehead atoms. The maximum atomic E-state index is 11.8. The summed E-state index contributed by atoms with van der Waals surface area (Å²) in [6.45, 7) is 0.570. The molecule has 1 aliphatic carbocycles. The molecule has 0 aromatic heterocycles. The predicted molar refractivity (Wildman–Crippen MR) is 76.1 cm³/mol. The lowest BCUT2D eigenvalue weighted by Crippen LogP contribution is -2.37. The monoisotopic (exact) mass is 281 g/mol. The van der Waals surface area contributed by atoms with E-state index in [1.165, 1.54) is 0 Å². The summed E-state index contributed by atoms with van der Waals surface area (Å²) < 4.78 is 0. The minimum absolute atomic E-state index is 0.0139. The van der Waals surface area contributed by atoms with Gasteiger partial charge in [0.1, 0.15) is 0 Å². The third-order valence-electron chi connectivity index (χ3n) is 3.68. The molecule has 1 aromatic carbocycles. The summed E-state index contributed by atoms with van der Waals surface area (Å²) >= 11 is 5.88. The number of hydrogen-bond donors (Lipinski definition) is 2. The first-order chi connectivity index (χ1) is 9.15. The zero-order valence-corrected chi connectivity index (χ0v) is 11.7. The van der Waals surface area contributed by atoms with E-state index in [0.29, 0.717) is 18.0 Å². The SMILES string of the molecule is O=C(Cc1cccc(Cl)c1)NCC1CCCCC1O. The van der Waals surface area contributed by atoms with Gasteiger partial charge in [0.25, 0.3) is 0 Å². The Morgan fingerprint density at radius 1 is 1.37 bits per heavy atom. The van der Waals surface area contributed by atoms with Gasteiger partial charge in [-0.15, -0.1) is 0 Å². The molecule has 0 heterocycles. The van der Waals surface area contributed by atoms with Gasteiger partial charge in [-0.25, -0.2) is 0 Å². The van der Waals surface area contributed by atoms with Crippen LogP contribution in [0.1, 0.15) is 31.2 Å². The molecule has 2 N–H and O–H groups in total. The van der Waals surface area contributed by atoms with Crippen molar-refractivity contribution < 1.29 is 9.90 Å². The highest BCUT2D eigenvalue weighted by Gasteiger charge is 2.23. The molecule has 0 radical (unpaired) electrons. The molecule has 2 atom stereocenters. The number of aliphatic hydroxyl groups excluding tert-OH is 1. The molecular weight excluding hydrogens is 262 g/mol. The Balaban J connectivity index is 1.78. The summed E-state index contributed by atoms with van der Waals surface area (Å²) in [5, 5.41) is 13.4. The van der Waals surface area contributed by atoms with Crippen molar-refractivity contribution in [2.75, 3.05) is 6.54 Å². The Labute approximate surface area is 119 Å². The molecular formula is C15H20ClNO2. The van der Waals surface area contributed by atoms with Gasteiger partial charge in [0, 0.05) is 17.5 Å². The molecule has 1 aromatic rings. The maximum absolute atomic E-state index is 11.8. The number of carbonyl (C=O) groups is 1. The molecule has 0 spiro atoms. The van der Waals surface area contributed by atoms with Crippen LogP contribution >= 0.6 is 11.6 Å². The number of halogens is 1. The Hall–Kier alpha value is -1.06. The van der Waals surface area contributed by atoms with Crippen LogP contribution in [0.5, 0.6) is 0 Å². The fourth-order valence-corrected chi connectivity index (χ4v) is 2.78. The Morgan fingerprint density at radius 2 is 2.16 bits per heavy atom. The molecule has 3 nitrogen and oxygen atoms in total. The number of hydrogen-bond acceptors (Lipinski definition) is 2. The van der Waals surface area contributed by atoms with E-state index in [1.54, 1.807) is 12.1 Å². The second kappa shape index (κ2) is 6.92. The lowest BCUT2D eigenvalue weighted by molar-refractivity contribution is -0.120. The van der Waals surface area contributed by atoms with Crippen molar-refractivity contribution in [3.63, 3.8) is 0 Å². The van der Waals surface area contributed by atoms with E-state index in [9.17, 15) is 9.90 Å². The van der Waals surface area contributed by atoms with Crippen molar-refractivity contribution in [3.8, 4) is 0 Å². The molecule has 1 amide bonds. The van der Waals surface area contributed by atoms with Crippen molar-refractivity contribution >= 4 is 17.5 Å². The molecule has 104 valence electrons. The normalized spacial score (nSPS) is 23.1. The summed E-state index contributed by atoms with van der Waals surface area (Å²) in [5.41, 5.74) is 0.911. The number of carbonyl (C=O) groups excluding carboxylic acids is 1. The van der Waals surface area contributed by atoms with Crippen LogP contribution in [0, 0.1) is 5.92 Å². The van der Waals surface area contributed by atoms with E-state index in [2.05, 4.69) is 5.32 Å². The highest BCUT2D eigenvalue weighted by atomic mass is 35.5. The Kier molecular flexibility index (Phi) is 5.23. The van der Waals surface area contributed by atoms with E-state index in [1.807, 2.05) is 12.1 Å². The largest absolute Gasteiger partial charge is 0.393 e. The van der Waals surface area contributed by atoms with Crippen molar-refractivity contribution in [1.82, 2.24) is 5.32 Å². The molecule has 2 unspecified atom stereocenters. The zero-order valence-electron chi connectivity index (χ0n) is 10.9. The van der Waals surface area contributed by atoms with Gasteiger partial charge in [-0.2, -0.15) is 0 Å². The van der Waals surface area contributed by atoms with Crippen LogP contribution in [0.2, 0.25) is 5.02 Å². The molecule has 1 saturated carbocycles. The van der Waals surface area contributed by atoms with Gasteiger partial charge in [0.15, 0.2) is 0 Å². The summed E-state index contributed by atoms with van der Waals surface area (Å²) in [4.78, 5) is 11.8. The topological polar surface area (TPSA) is 49.3 Å². The number of amides is 1.